The van der Waals surface area contributed by atoms with Gasteiger partial charge in [-0.3, -0.25) is 4.79 Å². The van der Waals surface area contributed by atoms with E-state index in [1.165, 1.54) is 51.4 Å². The molecule has 0 aromatic heterocycles. The molecule has 0 heterocycles. The van der Waals surface area contributed by atoms with Crippen LogP contribution in [0.4, 0.5) is 0 Å². The molecule has 0 aliphatic heterocycles. The summed E-state index contributed by atoms with van der Waals surface area (Å²) in [5, 5.41) is 11.5. The van der Waals surface area contributed by atoms with Crippen molar-refractivity contribution in [3.05, 3.63) is 24.3 Å². The molecule has 0 unspecified atom stereocenters. The van der Waals surface area contributed by atoms with Crippen LogP contribution < -0.4 is 5.32 Å². The number of hydrogen-bond donors (Lipinski definition) is 2. The minimum absolute atomic E-state index is 0.120. The summed E-state index contributed by atoms with van der Waals surface area (Å²) >= 11 is 0. The Hall–Kier alpha value is -1.09. The summed E-state index contributed by atoms with van der Waals surface area (Å²) in [6, 6.07) is 0. The van der Waals surface area contributed by atoms with Crippen LogP contribution in [-0.4, -0.2) is 24.2 Å². The largest absolute Gasteiger partial charge is 0.396 e. The van der Waals surface area contributed by atoms with Crippen molar-refractivity contribution in [1.82, 2.24) is 5.32 Å². The molecule has 0 spiro atoms. The molecule has 3 heteroatoms. The van der Waals surface area contributed by atoms with E-state index in [4.69, 9.17) is 5.11 Å². The molecule has 0 aliphatic rings. The maximum Gasteiger partial charge on any atom is 0.219 e. The Kier molecular flexibility index (Phi) is 19.0. The molecule has 0 aliphatic carbocycles. The smallest absolute Gasteiger partial charge is 0.219 e. The Bertz CT molecular complexity index is 324. The third-order valence-electron chi connectivity index (χ3n) is 4.01. The average molecular weight is 338 g/mol. The van der Waals surface area contributed by atoms with Gasteiger partial charge < -0.3 is 10.4 Å². The van der Waals surface area contributed by atoms with Crippen LogP contribution in [0, 0.1) is 0 Å². The molecule has 2 N–H and O–H groups in total. The number of carbonyl (C=O) groups excluding carboxylic acids is 1. The number of carbonyl (C=O) groups is 1. The summed E-state index contributed by atoms with van der Waals surface area (Å²) in [5.41, 5.74) is 0. The third kappa shape index (κ3) is 19.0. The van der Waals surface area contributed by atoms with E-state index in [0.29, 0.717) is 19.4 Å². The quantitative estimate of drug-likeness (QED) is 0.279. The van der Waals surface area contributed by atoms with Gasteiger partial charge in [-0.25, -0.2) is 0 Å². The van der Waals surface area contributed by atoms with Crippen LogP contribution in [0.15, 0.2) is 24.3 Å². The molecule has 0 fully saturated rings. The van der Waals surface area contributed by atoms with Crippen molar-refractivity contribution in [2.45, 2.75) is 90.4 Å². The van der Waals surface area contributed by atoms with Gasteiger partial charge in [-0.05, 0) is 44.9 Å². The molecule has 0 saturated heterocycles. The molecule has 0 radical (unpaired) electrons. The summed E-state index contributed by atoms with van der Waals surface area (Å²) in [6.45, 7) is 2.98. The average Bonchev–Trinajstić information content (AvgIpc) is 2.58. The standard InChI is InChI=1S/C21H39NO2/c1-2-3-4-5-6-7-8-9-10-11-12-13-14-15-16-18-21(24)22-19-17-20-23/h6-7,9-10,23H,2-5,8,11-20H2,1H3,(H,22,24)/b7-6-,10-9-. The zero-order valence-electron chi connectivity index (χ0n) is 15.8. The Morgan fingerprint density at radius 1 is 0.833 bits per heavy atom. The first-order chi connectivity index (χ1) is 11.8. The molecule has 0 bridgehead atoms. The van der Waals surface area contributed by atoms with Crippen molar-refractivity contribution in [3.63, 3.8) is 0 Å². The number of rotatable bonds is 17. The van der Waals surface area contributed by atoms with E-state index in [-0.39, 0.29) is 12.5 Å². The van der Waals surface area contributed by atoms with E-state index in [2.05, 4.69) is 36.5 Å². The van der Waals surface area contributed by atoms with E-state index in [0.717, 1.165) is 19.3 Å². The van der Waals surface area contributed by atoms with E-state index in [1.54, 1.807) is 0 Å². The highest BCUT2D eigenvalue weighted by molar-refractivity contribution is 5.75. The van der Waals surface area contributed by atoms with Gasteiger partial charge in [-0.15, -0.1) is 0 Å². The Morgan fingerprint density at radius 2 is 1.46 bits per heavy atom. The van der Waals surface area contributed by atoms with Crippen LogP contribution in [-0.2, 0) is 4.79 Å². The van der Waals surface area contributed by atoms with Gasteiger partial charge in [0.25, 0.3) is 0 Å². The maximum absolute atomic E-state index is 11.4. The van der Waals surface area contributed by atoms with Crippen molar-refractivity contribution >= 4 is 5.91 Å². The molecule has 0 rings (SSSR count). The highest BCUT2D eigenvalue weighted by atomic mass is 16.3. The van der Waals surface area contributed by atoms with Gasteiger partial charge in [0.1, 0.15) is 0 Å². The van der Waals surface area contributed by atoms with Crippen molar-refractivity contribution < 1.29 is 9.90 Å². The van der Waals surface area contributed by atoms with Gasteiger partial charge in [0.15, 0.2) is 0 Å². The second-order valence-electron chi connectivity index (χ2n) is 6.41. The van der Waals surface area contributed by atoms with E-state index in [9.17, 15) is 4.79 Å². The number of unbranched alkanes of at least 4 members (excludes halogenated alkanes) is 8. The van der Waals surface area contributed by atoms with Crippen LogP contribution >= 0.6 is 0 Å². The van der Waals surface area contributed by atoms with Crippen LogP contribution in [0.2, 0.25) is 0 Å². The Balaban J connectivity index is 3.24. The van der Waals surface area contributed by atoms with Gasteiger partial charge >= 0.3 is 0 Å². The molecule has 3 nitrogen and oxygen atoms in total. The molecule has 0 atom stereocenters. The van der Waals surface area contributed by atoms with Crippen LogP contribution in [0.3, 0.4) is 0 Å². The topological polar surface area (TPSA) is 49.3 Å². The number of nitrogens with one attached hydrogen (secondary N) is 1. The highest BCUT2D eigenvalue weighted by Gasteiger charge is 1.99. The number of aliphatic hydroxyl groups excluding tert-OH is 1. The first kappa shape index (κ1) is 22.9. The van der Waals surface area contributed by atoms with E-state index in [1.807, 2.05) is 0 Å². The number of amides is 1. The number of aliphatic hydroxyl groups is 1. The van der Waals surface area contributed by atoms with E-state index >= 15 is 0 Å². The molecule has 1 amide bonds. The number of allylic oxidation sites excluding steroid dienone is 4. The predicted octanol–water partition coefficient (Wildman–Crippen LogP) is 5.30. The fourth-order valence-corrected chi connectivity index (χ4v) is 2.49. The first-order valence-electron chi connectivity index (χ1n) is 9.98. The molecular formula is C21H39NO2. The molecule has 0 saturated carbocycles. The highest BCUT2D eigenvalue weighted by Crippen LogP contribution is 2.08. The van der Waals surface area contributed by atoms with Crippen LogP contribution in [0.1, 0.15) is 90.4 Å². The second-order valence-corrected chi connectivity index (χ2v) is 6.41. The molecule has 140 valence electrons. The zero-order chi connectivity index (χ0) is 17.7. The fourth-order valence-electron chi connectivity index (χ4n) is 2.49. The lowest BCUT2D eigenvalue weighted by molar-refractivity contribution is -0.121. The normalized spacial score (nSPS) is 11.6. The molecule has 0 aromatic rings. The minimum Gasteiger partial charge on any atom is -0.396 e. The summed E-state index contributed by atoms with van der Waals surface area (Å²) in [7, 11) is 0. The maximum atomic E-state index is 11.4. The Labute approximate surface area is 149 Å². The first-order valence-corrected chi connectivity index (χ1v) is 9.98. The lowest BCUT2D eigenvalue weighted by Gasteiger charge is -2.03. The SMILES string of the molecule is CCCCC/C=C\C/C=C\CCCCCCCC(=O)NCCCO. The van der Waals surface area contributed by atoms with Gasteiger partial charge in [0, 0.05) is 19.6 Å². The van der Waals surface area contributed by atoms with Crippen molar-refractivity contribution in [3.8, 4) is 0 Å². The second kappa shape index (κ2) is 20.0. The summed E-state index contributed by atoms with van der Waals surface area (Å²) in [6.07, 6.45) is 23.7. The third-order valence-corrected chi connectivity index (χ3v) is 4.01. The van der Waals surface area contributed by atoms with Crippen molar-refractivity contribution in [2.24, 2.45) is 0 Å². The molecular weight excluding hydrogens is 298 g/mol. The van der Waals surface area contributed by atoms with Crippen molar-refractivity contribution in [2.75, 3.05) is 13.2 Å². The lowest BCUT2D eigenvalue weighted by atomic mass is 10.1. The van der Waals surface area contributed by atoms with E-state index < -0.39 is 0 Å². The van der Waals surface area contributed by atoms with Gasteiger partial charge in [-0.2, -0.15) is 0 Å². The van der Waals surface area contributed by atoms with Gasteiger partial charge in [0.05, 0.1) is 0 Å². The summed E-state index contributed by atoms with van der Waals surface area (Å²) < 4.78 is 0. The summed E-state index contributed by atoms with van der Waals surface area (Å²) in [4.78, 5) is 11.4. The van der Waals surface area contributed by atoms with Crippen molar-refractivity contribution in [1.29, 1.82) is 0 Å². The summed E-state index contributed by atoms with van der Waals surface area (Å²) in [5.74, 6) is 0.120. The monoisotopic (exact) mass is 337 g/mol. The molecule has 24 heavy (non-hydrogen) atoms. The minimum atomic E-state index is 0.120. The zero-order valence-corrected chi connectivity index (χ0v) is 15.8. The van der Waals surface area contributed by atoms with Gasteiger partial charge in [0.2, 0.25) is 5.91 Å². The number of hydrogen-bond acceptors (Lipinski definition) is 2. The lowest BCUT2D eigenvalue weighted by Crippen LogP contribution is -2.24. The Morgan fingerprint density at radius 3 is 2.12 bits per heavy atom. The fraction of sp³-hybridized carbons (Fsp3) is 0.762. The van der Waals surface area contributed by atoms with Crippen LogP contribution in [0.5, 0.6) is 0 Å². The van der Waals surface area contributed by atoms with Gasteiger partial charge in [-0.1, -0.05) is 63.3 Å². The predicted molar refractivity (Wildman–Crippen MR) is 104 cm³/mol. The van der Waals surface area contributed by atoms with Crippen LogP contribution in [0.25, 0.3) is 0 Å². The molecule has 0 aromatic carbocycles.